The molecular formula is C17H22N6. The van der Waals surface area contributed by atoms with Crippen LogP contribution >= 0.6 is 0 Å². The van der Waals surface area contributed by atoms with E-state index in [0.29, 0.717) is 0 Å². The Morgan fingerprint density at radius 1 is 1.26 bits per heavy atom. The zero-order chi connectivity index (χ0) is 16.0. The Balaban J connectivity index is 1.56. The fourth-order valence-corrected chi connectivity index (χ4v) is 3.55. The lowest BCUT2D eigenvalue weighted by Crippen LogP contribution is -2.18. The number of aromatic amines is 1. The van der Waals surface area contributed by atoms with Crippen molar-refractivity contribution in [3.05, 3.63) is 46.2 Å². The van der Waals surface area contributed by atoms with Gasteiger partial charge < -0.3 is 0 Å². The van der Waals surface area contributed by atoms with Crippen LogP contribution in [0.1, 0.15) is 40.3 Å². The Kier molecular flexibility index (Phi) is 3.41. The molecule has 6 heteroatoms. The molecule has 0 bridgehead atoms. The summed E-state index contributed by atoms with van der Waals surface area (Å²) >= 11 is 0. The molecule has 1 aliphatic carbocycles. The number of rotatable bonds is 4. The molecule has 3 heterocycles. The molecule has 0 aliphatic heterocycles. The summed E-state index contributed by atoms with van der Waals surface area (Å²) in [4.78, 5) is 6.94. The van der Waals surface area contributed by atoms with Gasteiger partial charge in [-0.15, -0.1) is 0 Å². The van der Waals surface area contributed by atoms with Crippen molar-refractivity contribution in [2.75, 3.05) is 7.05 Å². The maximum absolute atomic E-state index is 4.66. The van der Waals surface area contributed by atoms with Crippen molar-refractivity contribution < 1.29 is 0 Å². The second kappa shape index (κ2) is 5.45. The van der Waals surface area contributed by atoms with Crippen LogP contribution in [0, 0.1) is 13.8 Å². The van der Waals surface area contributed by atoms with Crippen LogP contribution in [0.15, 0.2) is 12.3 Å². The van der Waals surface area contributed by atoms with Crippen LogP contribution in [0.4, 0.5) is 0 Å². The molecular weight excluding hydrogens is 288 g/mol. The lowest BCUT2D eigenvalue weighted by molar-refractivity contribution is 0.315. The van der Waals surface area contributed by atoms with Crippen LogP contribution < -0.4 is 0 Å². The molecule has 23 heavy (non-hydrogen) atoms. The molecule has 0 fully saturated rings. The van der Waals surface area contributed by atoms with E-state index >= 15 is 0 Å². The summed E-state index contributed by atoms with van der Waals surface area (Å²) < 4.78 is 1.92. The van der Waals surface area contributed by atoms with E-state index in [4.69, 9.17) is 0 Å². The van der Waals surface area contributed by atoms with E-state index < -0.39 is 0 Å². The highest BCUT2D eigenvalue weighted by molar-refractivity contribution is 5.47. The van der Waals surface area contributed by atoms with E-state index in [1.165, 1.54) is 23.4 Å². The van der Waals surface area contributed by atoms with Crippen molar-refractivity contribution >= 4 is 5.65 Å². The van der Waals surface area contributed by atoms with Crippen molar-refractivity contribution in [1.82, 2.24) is 29.7 Å². The largest absolute Gasteiger partial charge is 0.296 e. The van der Waals surface area contributed by atoms with E-state index in [0.717, 1.165) is 48.5 Å². The summed E-state index contributed by atoms with van der Waals surface area (Å²) in [6.07, 6.45) is 5.48. The topological polar surface area (TPSA) is 62.1 Å². The standard InChI is InChI=1S/C17H22N6/c1-11-7-12(2)23-17(19-11)13(8-18-23)9-22(3)10-16-14-5-4-6-15(14)20-21-16/h7-8H,4-6,9-10H2,1-3H3,(H,20,21). The second-order valence-electron chi connectivity index (χ2n) is 6.60. The molecule has 6 nitrogen and oxygen atoms in total. The molecule has 1 N–H and O–H groups in total. The summed E-state index contributed by atoms with van der Waals surface area (Å²) in [7, 11) is 2.13. The minimum Gasteiger partial charge on any atom is -0.296 e. The highest BCUT2D eigenvalue weighted by atomic mass is 15.3. The minimum atomic E-state index is 0.820. The van der Waals surface area contributed by atoms with Crippen molar-refractivity contribution in [1.29, 1.82) is 0 Å². The van der Waals surface area contributed by atoms with Crippen LogP contribution in [0.2, 0.25) is 0 Å². The monoisotopic (exact) mass is 310 g/mol. The van der Waals surface area contributed by atoms with Gasteiger partial charge in [0.25, 0.3) is 0 Å². The van der Waals surface area contributed by atoms with Gasteiger partial charge in [0.05, 0.1) is 11.9 Å². The number of H-pyrrole nitrogens is 1. The van der Waals surface area contributed by atoms with Crippen molar-refractivity contribution in [2.45, 2.75) is 46.2 Å². The van der Waals surface area contributed by atoms with E-state index in [2.05, 4.69) is 45.2 Å². The number of aryl methyl sites for hydroxylation is 3. The molecule has 0 radical (unpaired) electrons. The zero-order valence-electron chi connectivity index (χ0n) is 13.9. The third-order valence-electron chi connectivity index (χ3n) is 4.60. The average molecular weight is 310 g/mol. The fraction of sp³-hybridized carbons (Fsp3) is 0.471. The van der Waals surface area contributed by atoms with Crippen LogP contribution in [0.5, 0.6) is 0 Å². The van der Waals surface area contributed by atoms with Crippen LogP contribution in [-0.2, 0) is 25.9 Å². The normalized spacial score (nSPS) is 14.1. The van der Waals surface area contributed by atoms with Crippen LogP contribution in [-0.4, -0.2) is 36.7 Å². The van der Waals surface area contributed by atoms with Gasteiger partial charge in [0.15, 0.2) is 5.65 Å². The van der Waals surface area contributed by atoms with Gasteiger partial charge in [0.1, 0.15) is 0 Å². The van der Waals surface area contributed by atoms with Gasteiger partial charge in [-0.25, -0.2) is 9.50 Å². The summed E-state index contributed by atoms with van der Waals surface area (Å²) in [5.41, 5.74) is 8.22. The van der Waals surface area contributed by atoms with Gasteiger partial charge >= 0.3 is 0 Å². The first kappa shape index (κ1) is 14.4. The number of hydrogen-bond acceptors (Lipinski definition) is 4. The Bertz CT molecular complexity index is 859. The molecule has 0 aromatic carbocycles. The molecule has 0 unspecified atom stereocenters. The maximum atomic E-state index is 4.66. The van der Waals surface area contributed by atoms with E-state index in [9.17, 15) is 0 Å². The number of nitrogens with zero attached hydrogens (tertiary/aromatic N) is 5. The maximum Gasteiger partial charge on any atom is 0.159 e. The summed E-state index contributed by atoms with van der Waals surface area (Å²) in [6.45, 7) is 5.77. The molecule has 3 aromatic rings. The second-order valence-corrected chi connectivity index (χ2v) is 6.60. The van der Waals surface area contributed by atoms with E-state index in [1.54, 1.807) is 0 Å². The Hall–Kier alpha value is -2.21. The number of fused-ring (bicyclic) bond motifs is 2. The summed E-state index contributed by atoms with van der Waals surface area (Å²) in [6, 6.07) is 2.06. The lowest BCUT2D eigenvalue weighted by Gasteiger charge is -2.15. The Labute approximate surface area is 135 Å². The molecule has 4 rings (SSSR count). The highest BCUT2D eigenvalue weighted by Crippen LogP contribution is 2.24. The zero-order valence-corrected chi connectivity index (χ0v) is 13.9. The van der Waals surface area contributed by atoms with E-state index in [-0.39, 0.29) is 0 Å². The molecule has 3 aromatic heterocycles. The van der Waals surface area contributed by atoms with Gasteiger partial charge in [0, 0.05) is 35.7 Å². The lowest BCUT2D eigenvalue weighted by atomic mass is 10.2. The molecule has 120 valence electrons. The molecule has 1 aliphatic rings. The first-order valence-corrected chi connectivity index (χ1v) is 8.16. The van der Waals surface area contributed by atoms with Crippen molar-refractivity contribution in [3.8, 4) is 0 Å². The van der Waals surface area contributed by atoms with E-state index in [1.807, 2.05) is 17.6 Å². The minimum absolute atomic E-state index is 0.820. The molecule has 0 amide bonds. The van der Waals surface area contributed by atoms with Gasteiger partial charge in [-0.2, -0.15) is 10.2 Å². The third-order valence-corrected chi connectivity index (χ3v) is 4.60. The quantitative estimate of drug-likeness (QED) is 0.802. The Morgan fingerprint density at radius 2 is 2.13 bits per heavy atom. The molecule has 0 saturated carbocycles. The Morgan fingerprint density at radius 3 is 3.00 bits per heavy atom. The van der Waals surface area contributed by atoms with Crippen molar-refractivity contribution in [2.24, 2.45) is 0 Å². The van der Waals surface area contributed by atoms with Crippen molar-refractivity contribution in [3.63, 3.8) is 0 Å². The number of nitrogens with one attached hydrogen (secondary N) is 1. The summed E-state index contributed by atoms with van der Waals surface area (Å²) in [5, 5.41) is 12.2. The van der Waals surface area contributed by atoms with Gasteiger partial charge in [-0.3, -0.25) is 10.00 Å². The SMILES string of the molecule is Cc1cc(C)n2ncc(CN(C)Cc3n[nH]c4c3CCC4)c2n1. The van der Waals surface area contributed by atoms with Gasteiger partial charge in [-0.1, -0.05) is 0 Å². The summed E-state index contributed by atoms with van der Waals surface area (Å²) in [5.74, 6) is 0. The highest BCUT2D eigenvalue weighted by Gasteiger charge is 2.19. The third kappa shape index (κ3) is 2.53. The number of hydrogen-bond donors (Lipinski definition) is 1. The predicted molar refractivity (Wildman–Crippen MR) is 88.2 cm³/mol. The van der Waals surface area contributed by atoms with Gasteiger partial charge in [-0.05, 0) is 51.8 Å². The van der Waals surface area contributed by atoms with Crippen LogP contribution in [0.3, 0.4) is 0 Å². The number of aromatic nitrogens is 5. The predicted octanol–water partition coefficient (Wildman–Crippen LogP) is 2.19. The first-order chi connectivity index (χ1) is 11.1. The average Bonchev–Trinajstić information content (AvgIpc) is 3.17. The van der Waals surface area contributed by atoms with Gasteiger partial charge in [0.2, 0.25) is 0 Å². The molecule has 0 atom stereocenters. The first-order valence-electron chi connectivity index (χ1n) is 8.16. The van der Waals surface area contributed by atoms with Crippen LogP contribution in [0.25, 0.3) is 5.65 Å². The molecule has 0 spiro atoms. The fourth-order valence-electron chi connectivity index (χ4n) is 3.55. The molecule has 0 saturated heterocycles. The smallest absolute Gasteiger partial charge is 0.159 e.